The molecule has 0 spiro atoms. The number of carbonyl (C=O) groups excluding carboxylic acids is 1. The van der Waals surface area contributed by atoms with Crippen LogP contribution in [0.3, 0.4) is 0 Å². The normalized spacial score (nSPS) is 24.2. The number of amides is 1. The van der Waals surface area contributed by atoms with Crippen LogP contribution in [0.4, 0.5) is 13.2 Å². The molecule has 3 nitrogen and oxygen atoms in total. The lowest BCUT2D eigenvalue weighted by molar-refractivity contribution is -0.0719. The minimum atomic E-state index is -2.67. The van der Waals surface area contributed by atoms with Gasteiger partial charge in [0.25, 0.3) is 11.8 Å². The molecule has 2 fully saturated rings. The van der Waals surface area contributed by atoms with Crippen molar-refractivity contribution in [2.75, 3.05) is 6.54 Å². The monoisotopic (exact) mass is 388 g/mol. The van der Waals surface area contributed by atoms with Gasteiger partial charge in [0.05, 0.1) is 6.54 Å². The van der Waals surface area contributed by atoms with E-state index < -0.39 is 23.6 Å². The van der Waals surface area contributed by atoms with E-state index in [2.05, 4.69) is 10.6 Å². The van der Waals surface area contributed by atoms with Gasteiger partial charge in [-0.15, -0.1) is 0 Å². The van der Waals surface area contributed by atoms with Crippen molar-refractivity contribution in [3.63, 3.8) is 0 Å². The highest BCUT2D eigenvalue weighted by molar-refractivity contribution is 6.31. The van der Waals surface area contributed by atoms with E-state index in [0.717, 1.165) is 31.4 Å². The van der Waals surface area contributed by atoms with Crippen LogP contribution >= 0.6 is 11.6 Å². The van der Waals surface area contributed by atoms with Gasteiger partial charge in [-0.2, -0.15) is 0 Å². The zero-order valence-electron chi connectivity index (χ0n) is 14.5. The van der Waals surface area contributed by atoms with Gasteiger partial charge in [0.15, 0.2) is 0 Å². The van der Waals surface area contributed by atoms with Crippen molar-refractivity contribution >= 4 is 17.5 Å². The summed E-state index contributed by atoms with van der Waals surface area (Å²) in [5, 5.41) is 5.88. The predicted molar refractivity (Wildman–Crippen MR) is 95.2 cm³/mol. The van der Waals surface area contributed by atoms with Gasteiger partial charge in [0.1, 0.15) is 5.82 Å². The molecule has 0 atom stereocenters. The van der Waals surface area contributed by atoms with Crippen LogP contribution in [0.5, 0.6) is 0 Å². The van der Waals surface area contributed by atoms with Gasteiger partial charge in [0.2, 0.25) is 0 Å². The maximum Gasteiger partial charge on any atom is 0.263 e. The van der Waals surface area contributed by atoms with E-state index in [-0.39, 0.29) is 29.2 Å². The number of carbonyl (C=O) groups is 1. The topological polar surface area (TPSA) is 41.1 Å². The van der Waals surface area contributed by atoms with Crippen LogP contribution in [0.15, 0.2) is 18.2 Å². The first-order valence-electron chi connectivity index (χ1n) is 9.21. The molecule has 0 heterocycles. The minimum absolute atomic E-state index is 0.0223. The lowest BCUT2D eigenvalue weighted by Gasteiger charge is -2.38. The second-order valence-electron chi connectivity index (χ2n) is 7.47. The highest BCUT2D eigenvalue weighted by atomic mass is 35.5. The zero-order chi connectivity index (χ0) is 18.7. The Kier molecular flexibility index (Phi) is 6.13. The Bertz CT molecular complexity index is 623. The molecule has 1 aromatic rings. The molecule has 0 unspecified atom stereocenters. The summed E-state index contributed by atoms with van der Waals surface area (Å²) in [6, 6.07) is 3.55. The highest BCUT2D eigenvalue weighted by Crippen LogP contribution is 2.36. The average Bonchev–Trinajstić information content (AvgIpc) is 2.56. The predicted octanol–water partition coefficient (Wildman–Crippen LogP) is 4.55. The molecule has 0 radical (unpaired) electrons. The zero-order valence-corrected chi connectivity index (χ0v) is 15.3. The molecule has 1 amide bonds. The maximum atomic E-state index is 14.3. The Morgan fingerprint density at radius 3 is 2.46 bits per heavy atom. The number of hydrogen-bond acceptors (Lipinski definition) is 2. The Hall–Kier alpha value is -1.27. The third-order valence-corrected chi connectivity index (χ3v) is 5.65. The molecule has 0 aromatic heterocycles. The van der Waals surface area contributed by atoms with Crippen LogP contribution in [-0.2, 0) is 0 Å². The van der Waals surface area contributed by atoms with E-state index in [4.69, 9.17) is 11.6 Å². The molecule has 0 saturated heterocycles. The first-order valence-corrected chi connectivity index (χ1v) is 9.59. The van der Waals surface area contributed by atoms with E-state index in [9.17, 15) is 18.0 Å². The minimum Gasteiger partial charge on any atom is -0.349 e. The number of rotatable bonds is 6. The number of hydrogen-bond donors (Lipinski definition) is 2. The van der Waals surface area contributed by atoms with Gasteiger partial charge in [-0.25, -0.2) is 13.2 Å². The third-order valence-electron chi connectivity index (χ3n) is 5.43. The standard InChI is InChI=1S/C19H24ClF3N2O/c20-14-6-12(7-15(21)8-14)18(26)25-17-9-16(10-17)24-11-19(22,23)13-4-2-1-3-5-13/h6-8,13,16-17,24H,1-5,9-11H2,(H,25,26). The summed E-state index contributed by atoms with van der Waals surface area (Å²) in [4.78, 5) is 12.1. The van der Waals surface area contributed by atoms with Crippen molar-refractivity contribution in [1.29, 1.82) is 0 Å². The van der Waals surface area contributed by atoms with Crippen LogP contribution in [0, 0.1) is 11.7 Å². The van der Waals surface area contributed by atoms with Crippen molar-refractivity contribution in [2.24, 2.45) is 5.92 Å². The van der Waals surface area contributed by atoms with Gasteiger partial charge < -0.3 is 10.6 Å². The average molecular weight is 389 g/mol. The summed E-state index contributed by atoms with van der Waals surface area (Å²) in [5.74, 6) is -4.16. The van der Waals surface area contributed by atoms with Crippen LogP contribution in [-0.4, -0.2) is 30.5 Å². The smallest absolute Gasteiger partial charge is 0.263 e. The fourth-order valence-electron chi connectivity index (χ4n) is 3.81. The number of halogens is 4. The lowest BCUT2D eigenvalue weighted by Crippen LogP contribution is -2.55. The molecule has 2 aliphatic carbocycles. The van der Waals surface area contributed by atoms with E-state index in [1.807, 2.05) is 0 Å². The number of nitrogens with one attached hydrogen (secondary N) is 2. The van der Waals surface area contributed by atoms with Crippen molar-refractivity contribution in [1.82, 2.24) is 10.6 Å². The molecule has 2 saturated carbocycles. The molecular weight excluding hydrogens is 365 g/mol. The van der Waals surface area contributed by atoms with Crippen molar-refractivity contribution < 1.29 is 18.0 Å². The van der Waals surface area contributed by atoms with Gasteiger partial charge in [-0.3, -0.25) is 4.79 Å². The van der Waals surface area contributed by atoms with Gasteiger partial charge in [-0.05, 0) is 43.9 Å². The molecule has 7 heteroatoms. The first kappa shape index (κ1) is 19.5. The summed E-state index contributed by atoms with van der Waals surface area (Å²) < 4.78 is 41.8. The second-order valence-corrected chi connectivity index (χ2v) is 7.91. The Morgan fingerprint density at radius 2 is 1.81 bits per heavy atom. The van der Waals surface area contributed by atoms with Crippen LogP contribution in [0.25, 0.3) is 0 Å². The Labute approximate surface area is 156 Å². The SMILES string of the molecule is O=C(NC1CC(NCC(F)(F)C2CCCCC2)C1)c1cc(F)cc(Cl)c1. The van der Waals surface area contributed by atoms with Crippen molar-refractivity contribution in [3.05, 3.63) is 34.6 Å². The van der Waals surface area contributed by atoms with Crippen LogP contribution in [0.1, 0.15) is 55.3 Å². The summed E-state index contributed by atoms with van der Waals surface area (Å²) in [5.41, 5.74) is 0.162. The quantitative estimate of drug-likeness (QED) is 0.750. The molecule has 3 rings (SSSR count). The molecule has 2 aliphatic rings. The van der Waals surface area contributed by atoms with Gasteiger partial charge in [-0.1, -0.05) is 30.9 Å². The fraction of sp³-hybridized carbons (Fsp3) is 0.632. The van der Waals surface area contributed by atoms with Crippen LogP contribution in [0.2, 0.25) is 5.02 Å². The Morgan fingerprint density at radius 1 is 1.12 bits per heavy atom. The lowest BCUT2D eigenvalue weighted by atomic mass is 9.83. The van der Waals surface area contributed by atoms with E-state index >= 15 is 0 Å². The van der Waals surface area contributed by atoms with E-state index in [1.54, 1.807) is 0 Å². The Balaban J connectivity index is 1.40. The molecule has 2 N–H and O–H groups in total. The second kappa shape index (κ2) is 8.17. The summed E-state index contributed by atoms with van der Waals surface area (Å²) >= 11 is 5.75. The van der Waals surface area contributed by atoms with Crippen LogP contribution < -0.4 is 10.6 Å². The molecule has 26 heavy (non-hydrogen) atoms. The molecular formula is C19H24ClF3N2O. The van der Waals surface area contributed by atoms with Gasteiger partial charge in [0, 0.05) is 28.6 Å². The third kappa shape index (κ3) is 4.92. The maximum absolute atomic E-state index is 14.3. The summed E-state index contributed by atoms with van der Waals surface area (Å²) in [7, 11) is 0. The fourth-order valence-corrected chi connectivity index (χ4v) is 4.03. The van der Waals surface area contributed by atoms with Gasteiger partial charge >= 0.3 is 0 Å². The molecule has 0 aliphatic heterocycles. The largest absolute Gasteiger partial charge is 0.349 e. The molecule has 144 valence electrons. The first-order chi connectivity index (χ1) is 12.3. The summed E-state index contributed by atoms with van der Waals surface area (Å²) in [6.45, 7) is -0.303. The molecule has 1 aromatic carbocycles. The highest BCUT2D eigenvalue weighted by Gasteiger charge is 2.41. The number of alkyl halides is 2. The number of benzene rings is 1. The van der Waals surface area contributed by atoms with E-state index in [0.29, 0.717) is 25.7 Å². The van der Waals surface area contributed by atoms with E-state index in [1.165, 1.54) is 6.07 Å². The van der Waals surface area contributed by atoms with Crippen molar-refractivity contribution in [3.8, 4) is 0 Å². The molecule has 0 bridgehead atoms. The summed E-state index contributed by atoms with van der Waals surface area (Å²) in [6.07, 6.45) is 5.23. The van der Waals surface area contributed by atoms with Crippen molar-refractivity contribution in [2.45, 2.75) is 63.0 Å².